The molecule has 0 N–H and O–H groups in total. The van der Waals surface area contributed by atoms with E-state index in [1.807, 2.05) is 13.8 Å². The molecule has 0 aliphatic rings. The van der Waals surface area contributed by atoms with Crippen LogP contribution in [-0.2, 0) is 0 Å². The third kappa shape index (κ3) is 12.4. The summed E-state index contributed by atoms with van der Waals surface area (Å²) in [5.41, 5.74) is 0. The maximum Gasteiger partial charge on any atom is 0.119 e. The second kappa shape index (κ2) is 11.9. The van der Waals surface area contributed by atoms with Crippen LogP contribution in [-0.4, -0.2) is 0 Å². The summed E-state index contributed by atoms with van der Waals surface area (Å²) in [6, 6.07) is 0. The molecular weight excluding hydrogens is 139 g/mol. The van der Waals surface area contributed by atoms with Gasteiger partial charge in [0.25, 0.3) is 0 Å². The predicted molar refractivity (Wildman–Crippen MR) is 50.2 cm³/mol. The van der Waals surface area contributed by atoms with Crippen LogP contribution in [0, 0.1) is 0 Å². The van der Waals surface area contributed by atoms with E-state index in [0.717, 1.165) is 0 Å². The summed E-state index contributed by atoms with van der Waals surface area (Å²) < 4.78 is 12.3. The molecule has 0 aliphatic carbocycles. The Kier molecular flexibility index (Phi) is 13.8. The lowest BCUT2D eigenvalue weighted by molar-refractivity contribution is 0.662. The quantitative estimate of drug-likeness (QED) is 0.427. The van der Waals surface area contributed by atoms with E-state index in [4.69, 9.17) is 0 Å². The van der Waals surface area contributed by atoms with Gasteiger partial charge in [-0.2, -0.15) is 0 Å². The van der Waals surface area contributed by atoms with E-state index >= 15 is 0 Å². The highest BCUT2D eigenvalue weighted by Gasteiger charge is 1.80. The molecular formula is C10H17F. The van der Waals surface area contributed by atoms with Crippen LogP contribution in [0.15, 0.2) is 36.7 Å². The standard InChI is InChI=1S/C8H11F.C2H6/c1-3-5-7-8(9)6-4-2;1-2/h3-4,6-7H,1,5H2,2H3;1-2H3/b6-4-,8-7+;. The summed E-state index contributed by atoms with van der Waals surface area (Å²) >= 11 is 0. The van der Waals surface area contributed by atoms with Gasteiger partial charge in [-0.1, -0.05) is 26.0 Å². The largest absolute Gasteiger partial charge is 0.207 e. The fourth-order valence-electron chi connectivity index (χ4n) is 0.423. The van der Waals surface area contributed by atoms with Crippen molar-refractivity contribution in [1.82, 2.24) is 0 Å². The SMILES string of the molecule is C=CC/C=C(F)\C=C/C.CC. The van der Waals surface area contributed by atoms with Crippen LogP contribution in [0.3, 0.4) is 0 Å². The molecule has 0 unspecified atom stereocenters. The molecule has 0 fully saturated rings. The van der Waals surface area contributed by atoms with Crippen LogP contribution in [0.5, 0.6) is 0 Å². The molecule has 64 valence electrons. The van der Waals surface area contributed by atoms with Crippen molar-refractivity contribution < 1.29 is 4.39 Å². The zero-order valence-electron chi connectivity index (χ0n) is 7.60. The highest BCUT2D eigenvalue weighted by Crippen LogP contribution is 1.99. The topological polar surface area (TPSA) is 0 Å². The van der Waals surface area contributed by atoms with Gasteiger partial charge in [0.05, 0.1) is 0 Å². The summed E-state index contributed by atoms with van der Waals surface area (Å²) in [7, 11) is 0. The van der Waals surface area contributed by atoms with Crippen LogP contribution in [0.1, 0.15) is 27.2 Å². The summed E-state index contributed by atoms with van der Waals surface area (Å²) in [6.07, 6.45) is 6.81. The second-order valence-electron chi connectivity index (χ2n) is 1.61. The number of halogens is 1. The lowest BCUT2D eigenvalue weighted by atomic mass is 10.3. The first-order valence-corrected chi connectivity index (χ1v) is 3.90. The molecule has 0 heterocycles. The minimum Gasteiger partial charge on any atom is -0.207 e. The van der Waals surface area contributed by atoms with Crippen LogP contribution < -0.4 is 0 Å². The van der Waals surface area contributed by atoms with E-state index in [9.17, 15) is 4.39 Å². The maximum atomic E-state index is 12.3. The number of hydrogen-bond acceptors (Lipinski definition) is 0. The zero-order chi connectivity index (χ0) is 9.11. The van der Waals surface area contributed by atoms with Gasteiger partial charge in [-0.3, -0.25) is 0 Å². The van der Waals surface area contributed by atoms with Crippen molar-refractivity contribution in [2.75, 3.05) is 0 Å². The van der Waals surface area contributed by atoms with Crippen LogP contribution in [0.2, 0.25) is 0 Å². The van der Waals surface area contributed by atoms with Crippen molar-refractivity contribution in [1.29, 1.82) is 0 Å². The van der Waals surface area contributed by atoms with E-state index in [1.165, 1.54) is 12.2 Å². The molecule has 0 aromatic heterocycles. The minimum absolute atomic E-state index is 0.197. The monoisotopic (exact) mass is 156 g/mol. The minimum atomic E-state index is -0.197. The summed E-state index contributed by atoms with van der Waals surface area (Å²) in [6.45, 7) is 9.24. The third-order valence-electron chi connectivity index (χ3n) is 0.805. The van der Waals surface area contributed by atoms with E-state index in [-0.39, 0.29) is 5.83 Å². The average Bonchev–Trinajstić information content (AvgIpc) is 2.05. The molecule has 0 amide bonds. The van der Waals surface area contributed by atoms with Crippen molar-refractivity contribution in [3.63, 3.8) is 0 Å². The van der Waals surface area contributed by atoms with Crippen LogP contribution in [0.25, 0.3) is 0 Å². The van der Waals surface area contributed by atoms with Gasteiger partial charge >= 0.3 is 0 Å². The fourth-order valence-corrected chi connectivity index (χ4v) is 0.423. The zero-order valence-corrected chi connectivity index (χ0v) is 7.60. The molecule has 0 spiro atoms. The lowest BCUT2D eigenvalue weighted by Gasteiger charge is -1.82. The first-order chi connectivity index (χ1) is 5.31. The molecule has 11 heavy (non-hydrogen) atoms. The molecule has 0 aromatic carbocycles. The van der Waals surface area contributed by atoms with Gasteiger partial charge in [0.15, 0.2) is 0 Å². The average molecular weight is 156 g/mol. The number of allylic oxidation sites excluding steroid dienone is 5. The normalized spacial score (nSPS) is 10.7. The molecule has 0 nitrogen and oxygen atoms in total. The summed E-state index contributed by atoms with van der Waals surface area (Å²) in [5, 5.41) is 0. The molecule has 0 rings (SSSR count). The molecule has 0 aliphatic heterocycles. The molecule has 0 aromatic rings. The van der Waals surface area contributed by atoms with Gasteiger partial charge in [0.2, 0.25) is 0 Å². The Morgan fingerprint density at radius 3 is 2.36 bits per heavy atom. The summed E-state index contributed by atoms with van der Waals surface area (Å²) in [4.78, 5) is 0. The van der Waals surface area contributed by atoms with Crippen molar-refractivity contribution in [3.8, 4) is 0 Å². The fraction of sp³-hybridized carbons (Fsp3) is 0.400. The molecule has 0 bridgehead atoms. The second-order valence-corrected chi connectivity index (χ2v) is 1.61. The van der Waals surface area contributed by atoms with Gasteiger partial charge in [-0.05, 0) is 25.5 Å². The van der Waals surface area contributed by atoms with Crippen molar-refractivity contribution in [2.45, 2.75) is 27.2 Å². The van der Waals surface area contributed by atoms with Gasteiger partial charge < -0.3 is 0 Å². The Labute approximate surface area is 69.1 Å². The summed E-state index contributed by atoms with van der Waals surface area (Å²) in [5.74, 6) is -0.197. The van der Waals surface area contributed by atoms with Gasteiger partial charge in [0.1, 0.15) is 5.83 Å². The van der Waals surface area contributed by atoms with E-state index in [2.05, 4.69) is 6.58 Å². The highest BCUT2D eigenvalue weighted by atomic mass is 19.1. The van der Waals surface area contributed by atoms with E-state index < -0.39 is 0 Å². The van der Waals surface area contributed by atoms with Crippen molar-refractivity contribution in [2.24, 2.45) is 0 Å². The van der Waals surface area contributed by atoms with Crippen LogP contribution in [0.4, 0.5) is 4.39 Å². The molecule has 0 saturated carbocycles. The Morgan fingerprint density at radius 2 is 2.00 bits per heavy atom. The Balaban J connectivity index is 0. The lowest BCUT2D eigenvalue weighted by Crippen LogP contribution is -1.63. The van der Waals surface area contributed by atoms with E-state index in [1.54, 1.807) is 19.1 Å². The molecule has 0 atom stereocenters. The first-order valence-electron chi connectivity index (χ1n) is 3.90. The van der Waals surface area contributed by atoms with Gasteiger partial charge in [-0.25, -0.2) is 4.39 Å². The van der Waals surface area contributed by atoms with E-state index in [0.29, 0.717) is 6.42 Å². The third-order valence-corrected chi connectivity index (χ3v) is 0.805. The Morgan fingerprint density at radius 1 is 1.45 bits per heavy atom. The van der Waals surface area contributed by atoms with Gasteiger partial charge in [-0.15, -0.1) is 6.58 Å². The number of hydrogen-bond donors (Lipinski definition) is 0. The molecule has 1 heteroatoms. The van der Waals surface area contributed by atoms with Gasteiger partial charge in [0, 0.05) is 0 Å². The number of rotatable bonds is 3. The van der Waals surface area contributed by atoms with Crippen molar-refractivity contribution >= 4 is 0 Å². The van der Waals surface area contributed by atoms with Crippen LogP contribution >= 0.6 is 0 Å². The Bertz CT molecular complexity index is 132. The Hall–Kier alpha value is -0.850. The smallest absolute Gasteiger partial charge is 0.119 e. The molecule has 0 radical (unpaired) electrons. The molecule has 0 saturated heterocycles. The predicted octanol–water partition coefficient (Wildman–Crippen LogP) is 4.02. The first kappa shape index (κ1) is 12.8. The van der Waals surface area contributed by atoms with Crippen molar-refractivity contribution in [3.05, 3.63) is 36.7 Å². The maximum absolute atomic E-state index is 12.3. The highest BCUT2D eigenvalue weighted by molar-refractivity contribution is 5.10.